The van der Waals surface area contributed by atoms with Crippen molar-refractivity contribution in [3.63, 3.8) is 0 Å². The Hall–Kier alpha value is -3.54. The molecule has 1 saturated heterocycles. The van der Waals surface area contributed by atoms with Gasteiger partial charge in [0.2, 0.25) is 5.88 Å². The number of fused-ring (bicyclic) bond motifs is 1. The molecule has 7 nitrogen and oxygen atoms in total. The predicted octanol–water partition coefficient (Wildman–Crippen LogP) is 4.73. The molecule has 0 radical (unpaired) electrons. The fourth-order valence-corrected chi connectivity index (χ4v) is 4.73. The highest BCUT2D eigenvalue weighted by atomic mass is 32.1. The molecule has 1 fully saturated rings. The van der Waals surface area contributed by atoms with Gasteiger partial charge in [-0.05, 0) is 56.1 Å². The number of benzene rings is 1. The number of ether oxygens (including phenoxy) is 1. The average molecular weight is 443 g/mol. The van der Waals surface area contributed by atoms with Gasteiger partial charge in [-0.3, -0.25) is 0 Å². The van der Waals surface area contributed by atoms with Crippen molar-refractivity contribution in [2.45, 2.75) is 26.4 Å². The van der Waals surface area contributed by atoms with Gasteiger partial charge >= 0.3 is 0 Å². The summed E-state index contributed by atoms with van der Waals surface area (Å²) in [7, 11) is 0. The van der Waals surface area contributed by atoms with Crippen LogP contribution in [-0.2, 0) is 0 Å². The van der Waals surface area contributed by atoms with Gasteiger partial charge in [0.15, 0.2) is 0 Å². The fourth-order valence-electron chi connectivity index (χ4n) is 3.73. The Labute approximate surface area is 190 Å². The molecule has 3 aromatic heterocycles. The van der Waals surface area contributed by atoms with Gasteiger partial charge in [-0.25, -0.2) is 9.97 Å². The Morgan fingerprint density at radius 1 is 1.16 bits per heavy atom. The van der Waals surface area contributed by atoms with E-state index in [0.717, 1.165) is 51.4 Å². The molecule has 8 heteroatoms. The van der Waals surface area contributed by atoms with Crippen molar-refractivity contribution < 1.29 is 4.74 Å². The van der Waals surface area contributed by atoms with Gasteiger partial charge in [-0.2, -0.15) is 10.2 Å². The molecule has 5 rings (SSSR count). The highest BCUT2D eigenvalue weighted by Gasteiger charge is 2.17. The molecule has 4 heterocycles. The van der Waals surface area contributed by atoms with E-state index >= 15 is 0 Å². The third kappa shape index (κ3) is 4.26. The Morgan fingerprint density at radius 3 is 2.88 bits per heavy atom. The van der Waals surface area contributed by atoms with Crippen LogP contribution >= 0.6 is 11.3 Å². The summed E-state index contributed by atoms with van der Waals surface area (Å²) in [6.45, 7) is 5.87. The summed E-state index contributed by atoms with van der Waals surface area (Å²) < 4.78 is 7.01. The molecule has 1 aromatic carbocycles. The fraction of sp³-hybridized carbons (Fsp3) is 0.250. The van der Waals surface area contributed by atoms with E-state index in [4.69, 9.17) is 9.72 Å². The second kappa shape index (κ2) is 8.54. The number of anilines is 2. The lowest BCUT2D eigenvalue weighted by Gasteiger charge is -2.13. The third-order valence-corrected chi connectivity index (χ3v) is 6.42. The van der Waals surface area contributed by atoms with Gasteiger partial charge in [-0.1, -0.05) is 6.07 Å². The standard InChI is InChI=1S/C24H22N6OS/c1-14-7-22(30-23(8-14)31-17-5-6-26-12-17)29-21-10-19-20(13-27-21)32-24(28-19)18-9-16(11-25)4-3-15(18)2/h3-4,7-10,13,17,26H,5-6,12H2,1-2H3,(H,27,29,30)/t17-/m0/s1. The molecule has 0 bridgehead atoms. The molecule has 0 spiro atoms. The van der Waals surface area contributed by atoms with E-state index in [1.165, 1.54) is 0 Å². The summed E-state index contributed by atoms with van der Waals surface area (Å²) in [5, 5.41) is 16.7. The number of nitrogens with zero attached hydrogens (tertiary/aromatic N) is 4. The molecule has 1 aliphatic rings. The van der Waals surface area contributed by atoms with E-state index < -0.39 is 0 Å². The van der Waals surface area contributed by atoms with Crippen LogP contribution < -0.4 is 15.4 Å². The van der Waals surface area contributed by atoms with Crippen LogP contribution in [0.25, 0.3) is 20.8 Å². The number of nitrogens with one attached hydrogen (secondary N) is 2. The predicted molar refractivity (Wildman–Crippen MR) is 126 cm³/mol. The van der Waals surface area contributed by atoms with Crippen molar-refractivity contribution in [2.75, 3.05) is 18.4 Å². The number of nitriles is 1. The number of rotatable bonds is 5. The maximum absolute atomic E-state index is 9.23. The zero-order valence-electron chi connectivity index (χ0n) is 17.8. The van der Waals surface area contributed by atoms with Crippen molar-refractivity contribution in [3.05, 3.63) is 59.3 Å². The minimum atomic E-state index is 0.156. The van der Waals surface area contributed by atoms with Gasteiger partial charge in [-0.15, -0.1) is 11.3 Å². The van der Waals surface area contributed by atoms with Crippen LogP contribution in [0.3, 0.4) is 0 Å². The lowest BCUT2D eigenvalue weighted by Crippen LogP contribution is -2.20. The van der Waals surface area contributed by atoms with Crippen molar-refractivity contribution in [1.82, 2.24) is 20.3 Å². The Kier molecular flexibility index (Phi) is 5.43. The summed E-state index contributed by atoms with van der Waals surface area (Å²) in [5.41, 5.74) is 4.60. The quantitative estimate of drug-likeness (QED) is 0.461. The zero-order chi connectivity index (χ0) is 22.1. The average Bonchev–Trinajstić information content (AvgIpc) is 3.43. The summed E-state index contributed by atoms with van der Waals surface area (Å²) in [6.07, 6.45) is 2.96. The number of aromatic nitrogens is 3. The maximum atomic E-state index is 9.23. The Bertz CT molecular complexity index is 1340. The van der Waals surface area contributed by atoms with Gasteiger partial charge in [0, 0.05) is 30.4 Å². The molecule has 0 amide bonds. The number of thiazole rings is 1. The molecule has 160 valence electrons. The summed E-state index contributed by atoms with van der Waals surface area (Å²) >= 11 is 1.57. The van der Waals surface area contributed by atoms with E-state index in [0.29, 0.717) is 23.1 Å². The van der Waals surface area contributed by atoms with Crippen LogP contribution in [0.5, 0.6) is 5.88 Å². The highest BCUT2D eigenvalue weighted by Crippen LogP contribution is 2.33. The van der Waals surface area contributed by atoms with Crippen LogP contribution in [-0.4, -0.2) is 34.1 Å². The van der Waals surface area contributed by atoms with E-state index in [1.54, 1.807) is 11.3 Å². The first-order chi connectivity index (χ1) is 15.6. The monoisotopic (exact) mass is 442 g/mol. The second-order valence-electron chi connectivity index (χ2n) is 7.92. The molecule has 32 heavy (non-hydrogen) atoms. The van der Waals surface area contributed by atoms with E-state index in [9.17, 15) is 5.26 Å². The molecule has 1 aliphatic heterocycles. The molecule has 0 aliphatic carbocycles. The van der Waals surface area contributed by atoms with Crippen molar-refractivity contribution >= 4 is 33.2 Å². The number of aryl methyl sites for hydroxylation is 2. The molecule has 0 saturated carbocycles. The Morgan fingerprint density at radius 2 is 2.06 bits per heavy atom. The molecular weight excluding hydrogens is 420 g/mol. The first kappa shape index (κ1) is 20.4. The number of hydrogen-bond donors (Lipinski definition) is 2. The smallest absolute Gasteiger partial charge is 0.215 e. The Balaban J connectivity index is 1.41. The van der Waals surface area contributed by atoms with E-state index in [-0.39, 0.29) is 6.10 Å². The van der Waals surface area contributed by atoms with Crippen LogP contribution in [0.15, 0.2) is 42.6 Å². The molecular formula is C24H22N6OS. The minimum Gasteiger partial charge on any atom is -0.473 e. The van der Waals surface area contributed by atoms with Gasteiger partial charge in [0.05, 0.1) is 21.8 Å². The third-order valence-electron chi connectivity index (χ3n) is 5.38. The van der Waals surface area contributed by atoms with E-state index in [1.807, 2.05) is 56.4 Å². The highest BCUT2D eigenvalue weighted by molar-refractivity contribution is 7.21. The molecule has 4 aromatic rings. The lowest BCUT2D eigenvalue weighted by molar-refractivity contribution is 0.214. The molecule has 1 atom stereocenters. The summed E-state index contributed by atoms with van der Waals surface area (Å²) in [5.74, 6) is 1.97. The first-order valence-corrected chi connectivity index (χ1v) is 11.3. The number of hydrogen-bond acceptors (Lipinski definition) is 8. The minimum absolute atomic E-state index is 0.156. The van der Waals surface area contributed by atoms with Gasteiger partial charge in [0.25, 0.3) is 0 Å². The van der Waals surface area contributed by atoms with Crippen LogP contribution in [0.1, 0.15) is 23.1 Å². The van der Waals surface area contributed by atoms with Gasteiger partial charge < -0.3 is 15.4 Å². The van der Waals surface area contributed by atoms with Crippen LogP contribution in [0.2, 0.25) is 0 Å². The molecule has 2 N–H and O–H groups in total. The summed E-state index contributed by atoms with van der Waals surface area (Å²) in [6, 6.07) is 13.7. The SMILES string of the molecule is Cc1cc(Nc2cc3nc(-c4cc(C#N)ccc4C)sc3cn2)nc(O[C@H]2CCNC2)c1. The van der Waals surface area contributed by atoms with Gasteiger partial charge in [0.1, 0.15) is 22.7 Å². The largest absolute Gasteiger partial charge is 0.473 e. The maximum Gasteiger partial charge on any atom is 0.215 e. The van der Waals surface area contributed by atoms with Crippen molar-refractivity contribution in [1.29, 1.82) is 5.26 Å². The molecule has 0 unspecified atom stereocenters. The lowest BCUT2D eigenvalue weighted by atomic mass is 10.1. The first-order valence-electron chi connectivity index (χ1n) is 10.5. The normalized spacial score (nSPS) is 15.6. The van der Waals surface area contributed by atoms with Crippen LogP contribution in [0.4, 0.5) is 11.6 Å². The van der Waals surface area contributed by atoms with Crippen molar-refractivity contribution in [3.8, 4) is 22.5 Å². The zero-order valence-corrected chi connectivity index (χ0v) is 18.7. The topological polar surface area (TPSA) is 95.8 Å². The second-order valence-corrected chi connectivity index (χ2v) is 8.95. The van der Waals surface area contributed by atoms with E-state index in [2.05, 4.69) is 26.7 Å². The van der Waals surface area contributed by atoms with Crippen molar-refractivity contribution in [2.24, 2.45) is 0 Å². The summed E-state index contributed by atoms with van der Waals surface area (Å²) in [4.78, 5) is 14.0. The van der Waals surface area contributed by atoms with Crippen LogP contribution in [0, 0.1) is 25.2 Å². The number of pyridine rings is 2.